The van der Waals surface area contributed by atoms with E-state index >= 15 is 0 Å². The summed E-state index contributed by atoms with van der Waals surface area (Å²) in [6.45, 7) is 2.56. The van der Waals surface area contributed by atoms with Crippen molar-refractivity contribution in [2.24, 2.45) is 0 Å². The first kappa shape index (κ1) is 16.8. The largest absolute Gasteiger partial charge is 0.494 e. The highest BCUT2D eigenvalue weighted by atomic mass is 32.2. The molecule has 2 aromatic carbocycles. The van der Waals surface area contributed by atoms with Crippen LogP contribution >= 0.6 is 11.8 Å². The molecule has 0 saturated heterocycles. The molecule has 0 bridgehead atoms. The third-order valence-corrected chi connectivity index (χ3v) is 5.29. The van der Waals surface area contributed by atoms with Crippen molar-refractivity contribution in [1.82, 2.24) is 14.8 Å². The Labute approximate surface area is 154 Å². The van der Waals surface area contributed by atoms with Gasteiger partial charge in [-0.05, 0) is 48.9 Å². The molecule has 2 heterocycles. The lowest BCUT2D eigenvalue weighted by atomic mass is 10.1. The number of fused-ring (bicyclic) bond motifs is 1. The number of thioether (sulfide) groups is 1. The maximum Gasteiger partial charge on any atom is 0.250 e. The first-order valence-corrected chi connectivity index (χ1v) is 9.17. The molecule has 5 nitrogen and oxygen atoms in total. The average molecular weight is 369 g/mol. The molecule has 7 heteroatoms. The lowest BCUT2D eigenvalue weighted by molar-refractivity contribution is 0.0868. The number of rotatable bonds is 4. The van der Waals surface area contributed by atoms with Crippen LogP contribution in [0, 0.1) is 5.82 Å². The molecule has 3 aromatic rings. The molecule has 1 aliphatic heterocycles. The Hall–Kier alpha value is -2.67. The van der Waals surface area contributed by atoms with Gasteiger partial charge in [-0.25, -0.2) is 9.37 Å². The van der Waals surface area contributed by atoms with Crippen molar-refractivity contribution >= 4 is 17.7 Å². The van der Waals surface area contributed by atoms with E-state index < -0.39 is 0 Å². The van der Waals surface area contributed by atoms with Crippen molar-refractivity contribution in [3.63, 3.8) is 0 Å². The molecular weight excluding hydrogens is 353 g/mol. The molecule has 0 fully saturated rings. The summed E-state index contributed by atoms with van der Waals surface area (Å²) in [7, 11) is 0. The second-order valence-corrected chi connectivity index (χ2v) is 7.01. The number of halogens is 1. The normalized spacial score (nSPS) is 16.4. The van der Waals surface area contributed by atoms with Gasteiger partial charge in [-0.2, -0.15) is 4.68 Å². The molecular formula is C19H16FN3O2S. The standard InChI is InChI=1S/C19H16FN3O2S/c1-2-25-15-9-5-12(6-10-15)16-11-17(24)23-19(26-16)21-18(22-23)13-3-7-14(20)8-4-13/h3-10,16H,2,11H2,1H3. The van der Waals surface area contributed by atoms with Crippen LogP contribution < -0.4 is 4.74 Å². The minimum absolute atomic E-state index is 0.0176. The van der Waals surface area contributed by atoms with E-state index in [0.717, 1.165) is 11.3 Å². The molecule has 1 aliphatic rings. The lowest BCUT2D eigenvalue weighted by Gasteiger charge is -2.20. The third kappa shape index (κ3) is 3.22. The zero-order valence-corrected chi connectivity index (χ0v) is 14.9. The van der Waals surface area contributed by atoms with Crippen LogP contribution in [-0.4, -0.2) is 27.3 Å². The highest BCUT2D eigenvalue weighted by Crippen LogP contribution is 2.41. The summed E-state index contributed by atoms with van der Waals surface area (Å²) in [5.74, 6) is 0.815. The van der Waals surface area contributed by atoms with Crippen LogP contribution in [0.3, 0.4) is 0 Å². The third-order valence-electron chi connectivity index (χ3n) is 4.09. The first-order chi connectivity index (χ1) is 12.6. The second-order valence-electron chi connectivity index (χ2n) is 5.84. The fourth-order valence-corrected chi connectivity index (χ4v) is 3.96. The van der Waals surface area contributed by atoms with Gasteiger partial charge in [0, 0.05) is 17.2 Å². The van der Waals surface area contributed by atoms with E-state index in [4.69, 9.17) is 4.74 Å². The van der Waals surface area contributed by atoms with Crippen molar-refractivity contribution in [1.29, 1.82) is 0 Å². The minimum Gasteiger partial charge on any atom is -0.494 e. The van der Waals surface area contributed by atoms with E-state index in [0.29, 0.717) is 29.6 Å². The lowest BCUT2D eigenvalue weighted by Crippen LogP contribution is -2.20. The molecule has 0 spiro atoms. The van der Waals surface area contributed by atoms with Crippen molar-refractivity contribution in [3.8, 4) is 17.1 Å². The summed E-state index contributed by atoms with van der Waals surface area (Å²) in [5.41, 5.74) is 1.73. The zero-order chi connectivity index (χ0) is 18.1. The van der Waals surface area contributed by atoms with Crippen LogP contribution in [-0.2, 0) is 0 Å². The van der Waals surface area contributed by atoms with Crippen LogP contribution in [0.2, 0.25) is 0 Å². The second kappa shape index (κ2) is 6.92. The number of hydrogen-bond acceptors (Lipinski definition) is 5. The number of nitrogens with zero attached hydrogens (tertiary/aromatic N) is 3. The molecule has 1 unspecified atom stereocenters. The number of ether oxygens (including phenoxy) is 1. The number of aromatic nitrogens is 3. The summed E-state index contributed by atoms with van der Waals surface area (Å²) >= 11 is 1.51. The van der Waals surface area contributed by atoms with Gasteiger partial charge in [0.25, 0.3) is 5.91 Å². The molecule has 0 aliphatic carbocycles. The number of hydrogen-bond donors (Lipinski definition) is 0. The molecule has 132 valence electrons. The van der Waals surface area contributed by atoms with Crippen molar-refractivity contribution in [3.05, 3.63) is 59.9 Å². The Morgan fingerprint density at radius 2 is 1.92 bits per heavy atom. The van der Waals surface area contributed by atoms with E-state index in [2.05, 4.69) is 10.1 Å². The van der Waals surface area contributed by atoms with Gasteiger partial charge in [0.2, 0.25) is 0 Å². The SMILES string of the molecule is CCOc1ccc(C2CC(=O)n3nc(-c4ccc(F)cc4)nc3S2)cc1. The van der Waals surface area contributed by atoms with Gasteiger partial charge in [0.05, 0.1) is 6.61 Å². The Balaban J connectivity index is 1.60. The molecule has 1 atom stereocenters. The number of benzene rings is 2. The van der Waals surface area contributed by atoms with Crippen LogP contribution in [0.1, 0.15) is 29.0 Å². The topological polar surface area (TPSA) is 57.0 Å². The predicted octanol–water partition coefficient (Wildman–Crippen LogP) is 4.36. The van der Waals surface area contributed by atoms with Gasteiger partial charge in [-0.15, -0.1) is 5.10 Å². The fourth-order valence-electron chi connectivity index (χ4n) is 2.80. The number of carbonyl (C=O) groups excluding carboxylic acids is 1. The maximum atomic E-state index is 13.1. The van der Waals surface area contributed by atoms with E-state index in [9.17, 15) is 9.18 Å². The van der Waals surface area contributed by atoms with E-state index in [1.807, 2.05) is 31.2 Å². The van der Waals surface area contributed by atoms with Crippen molar-refractivity contribution in [2.45, 2.75) is 23.8 Å². The summed E-state index contributed by atoms with van der Waals surface area (Å²) in [5, 5.41) is 4.83. The number of carbonyl (C=O) groups is 1. The van der Waals surface area contributed by atoms with Crippen LogP contribution in [0.15, 0.2) is 53.7 Å². The van der Waals surface area contributed by atoms with Crippen molar-refractivity contribution < 1.29 is 13.9 Å². The van der Waals surface area contributed by atoms with Gasteiger partial charge in [0.15, 0.2) is 11.0 Å². The van der Waals surface area contributed by atoms with Gasteiger partial charge in [-0.1, -0.05) is 23.9 Å². The molecule has 0 saturated carbocycles. The summed E-state index contributed by atoms with van der Waals surface area (Å²) in [6.07, 6.45) is 0.345. The smallest absolute Gasteiger partial charge is 0.250 e. The van der Waals surface area contributed by atoms with Crippen molar-refractivity contribution in [2.75, 3.05) is 6.61 Å². The zero-order valence-electron chi connectivity index (χ0n) is 14.1. The van der Waals surface area contributed by atoms with Crippen LogP contribution in [0.5, 0.6) is 5.75 Å². The molecule has 0 amide bonds. The Kier molecular flexibility index (Phi) is 4.46. The average Bonchev–Trinajstić information content (AvgIpc) is 3.08. The van der Waals surface area contributed by atoms with Gasteiger partial charge >= 0.3 is 0 Å². The predicted molar refractivity (Wildman–Crippen MR) is 96.9 cm³/mol. The highest BCUT2D eigenvalue weighted by Gasteiger charge is 2.30. The summed E-state index contributed by atoms with van der Waals surface area (Å²) < 4.78 is 19.9. The first-order valence-electron chi connectivity index (χ1n) is 8.29. The van der Waals surface area contributed by atoms with Crippen LogP contribution in [0.4, 0.5) is 4.39 Å². The molecule has 1 aromatic heterocycles. The monoisotopic (exact) mass is 369 g/mol. The Morgan fingerprint density at radius 1 is 1.19 bits per heavy atom. The highest BCUT2D eigenvalue weighted by molar-refractivity contribution is 7.99. The van der Waals surface area contributed by atoms with Gasteiger partial charge in [-0.3, -0.25) is 4.79 Å². The Morgan fingerprint density at radius 3 is 2.62 bits per heavy atom. The van der Waals surface area contributed by atoms with E-state index in [-0.39, 0.29) is 17.0 Å². The van der Waals surface area contributed by atoms with E-state index in [1.54, 1.807) is 12.1 Å². The molecule has 26 heavy (non-hydrogen) atoms. The minimum atomic E-state index is -0.321. The summed E-state index contributed by atoms with van der Waals surface area (Å²) in [4.78, 5) is 17.0. The molecule has 4 rings (SSSR count). The van der Waals surface area contributed by atoms with E-state index in [1.165, 1.54) is 28.6 Å². The molecule has 0 N–H and O–H groups in total. The van der Waals surface area contributed by atoms with Gasteiger partial charge in [0.1, 0.15) is 11.6 Å². The molecule has 0 radical (unpaired) electrons. The Bertz CT molecular complexity index is 938. The fraction of sp³-hybridized carbons (Fsp3) is 0.211. The maximum absolute atomic E-state index is 13.1. The summed E-state index contributed by atoms with van der Waals surface area (Å²) in [6, 6.07) is 13.7. The van der Waals surface area contributed by atoms with Gasteiger partial charge < -0.3 is 4.74 Å². The quantitative estimate of drug-likeness (QED) is 0.684. The van der Waals surface area contributed by atoms with Crippen LogP contribution in [0.25, 0.3) is 11.4 Å².